The second-order valence-corrected chi connectivity index (χ2v) is 13.2. The molecule has 3 heterocycles. The molecular weight excluding hydrogens is 648 g/mol. The molecule has 1 fully saturated rings. The number of hydrogen-bond acceptors (Lipinski definition) is 6. The number of hydrogen-bond donors (Lipinski definition) is 1. The summed E-state index contributed by atoms with van der Waals surface area (Å²) in [6.07, 6.45) is 0. The van der Waals surface area contributed by atoms with Crippen molar-refractivity contribution in [2.75, 3.05) is 10.2 Å². The summed E-state index contributed by atoms with van der Waals surface area (Å²) in [5, 5.41) is 3.99. The van der Waals surface area contributed by atoms with E-state index in [4.69, 9.17) is 46.4 Å². The molecule has 0 radical (unpaired) electrons. The molecule has 2 aliphatic heterocycles. The van der Waals surface area contributed by atoms with E-state index < -0.39 is 28.9 Å². The molecule has 4 aromatic rings. The molecule has 0 spiro atoms. The van der Waals surface area contributed by atoms with Crippen LogP contribution < -0.4 is 15.1 Å². The zero-order valence-corrected chi connectivity index (χ0v) is 25.3. The third-order valence-electron chi connectivity index (χ3n) is 6.87. The number of nitrogens with one attached hydrogen (secondary N) is 1. The Bertz CT molecular complexity index is 1770. The Labute approximate surface area is 262 Å². The molecule has 0 bridgehead atoms. The van der Waals surface area contributed by atoms with Crippen LogP contribution >= 0.6 is 69.5 Å². The fraction of sp³-hybridized carbons (Fsp3) is 0.143. The van der Waals surface area contributed by atoms with Crippen LogP contribution in [0.4, 0.5) is 11.4 Å². The van der Waals surface area contributed by atoms with Gasteiger partial charge in [0.2, 0.25) is 17.7 Å². The number of benzene rings is 3. The second kappa shape index (κ2) is 11.1. The molecular formula is C28H17Cl4N3O4S2. The Kier molecular flexibility index (Phi) is 7.69. The van der Waals surface area contributed by atoms with Crippen LogP contribution in [-0.2, 0) is 20.9 Å². The molecule has 3 amide bonds. The SMILES string of the molecule is O=C(Cn1c2c(sc1=O)[C@@H](c1ccc(Cl)cc1)[C@@H]1C(=O)N(c3ccc(Cl)cc3)C(=O)[C@@H]1S2)Nc1ccc(Cl)c(Cl)c1. The van der Waals surface area contributed by atoms with Crippen molar-refractivity contribution >= 4 is 98.6 Å². The minimum atomic E-state index is -0.815. The normalized spacial score (nSPS) is 19.7. The lowest BCUT2D eigenvalue weighted by atomic mass is 9.83. The van der Waals surface area contributed by atoms with Crippen molar-refractivity contribution in [1.29, 1.82) is 0 Å². The predicted molar refractivity (Wildman–Crippen MR) is 164 cm³/mol. The first-order chi connectivity index (χ1) is 19.6. The van der Waals surface area contributed by atoms with Gasteiger partial charge in [0.1, 0.15) is 11.8 Å². The van der Waals surface area contributed by atoms with Gasteiger partial charge in [-0.3, -0.25) is 23.7 Å². The summed E-state index contributed by atoms with van der Waals surface area (Å²) in [4.78, 5) is 55.3. The van der Waals surface area contributed by atoms with Crippen LogP contribution in [0.3, 0.4) is 0 Å². The van der Waals surface area contributed by atoms with Crippen LogP contribution in [0.15, 0.2) is 76.6 Å². The van der Waals surface area contributed by atoms with Gasteiger partial charge in [0.25, 0.3) is 0 Å². The summed E-state index contributed by atoms with van der Waals surface area (Å²) in [7, 11) is 0. The molecule has 13 heteroatoms. The van der Waals surface area contributed by atoms with Gasteiger partial charge in [0, 0.05) is 26.5 Å². The summed E-state index contributed by atoms with van der Waals surface area (Å²) < 4.78 is 1.35. The van der Waals surface area contributed by atoms with Crippen LogP contribution in [0.1, 0.15) is 16.4 Å². The van der Waals surface area contributed by atoms with E-state index in [0.29, 0.717) is 36.3 Å². The number of imide groups is 1. The molecule has 0 unspecified atom stereocenters. The lowest BCUT2D eigenvalue weighted by Gasteiger charge is -2.30. The average molecular weight is 665 g/mol. The van der Waals surface area contributed by atoms with E-state index in [1.807, 2.05) is 0 Å². The molecule has 0 aliphatic carbocycles. The Morgan fingerprint density at radius 1 is 0.829 bits per heavy atom. The van der Waals surface area contributed by atoms with Gasteiger partial charge in [0.05, 0.1) is 26.7 Å². The van der Waals surface area contributed by atoms with Crippen molar-refractivity contribution in [2.45, 2.75) is 22.7 Å². The van der Waals surface area contributed by atoms with Crippen LogP contribution in [0.25, 0.3) is 0 Å². The third-order valence-corrected chi connectivity index (χ3v) is 10.7. The fourth-order valence-electron chi connectivity index (χ4n) is 5.05. The van der Waals surface area contributed by atoms with Gasteiger partial charge >= 0.3 is 4.87 Å². The molecule has 41 heavy (non-hydrogen) atoms. The Morgan fingerprint density at radius 2 is 1.49 bits per heavy atom. The van der Waals surface area contributed by atoms with Gasteiger partial charge < -0.3 is 5.32 Å². The molecule has 3 atom stereocenters. The van der Waals surface area contributed by atoms with E-state index in [1.54, 1.807) is 60.7 Å². The number of thiazole rings is 1. The first kappa shape index (κ1) is 28.3. The Balaban J connectivity index is 1.40. The summed E-state index contributed by atoms with van der Waals surface area (Å²) in [6, 6.07) is 18.1. The van der Waals surface area contributed by atoms with Gasteiger partial charge in [-0.25, -0.2) is 4.90 Å². The van der Waals surface area contributed by atoms with Crippen molar-refractivity contribution in [2.24, 2.45) is 5.92 Å². The molecule has 208 valence electrons. The van der Waals surface area contributed by atoms with E-state index in [2.05, 4.69) is 5.32 Å². The molecule has 1 aromatic heterocycles. The van der Waals surface area contributed by atoms with Crippen molar-refractivity contribution in [3.05, 3.63) is 107 Å². The van der Waals surface area contributed by atoms with Gasteiger partial charge in [0.15, 0.2) is 0 Å². The van der Waals surface area contributed by atoms with Crippen molar-refractivity contribution in [3.63, 3.8) is 0 Å². The highest BCUT2D eigenvalue weighted by molar-refractivity contribution is 8.00. The summed E-state index contributed by atoms with van der Waals surface area (Å²) >= 11 is 26.3. The molecule has 6 rings (SSSR count). The Morgan fingerprint density at radius 3 is 2.15 bits per heavy atom. The van der Waals surface area contributed by atoms with Gasteiger partial charge in [-0.15, -0.1) is 0 Å². The minimum absolute atomic E-state index is 0.275. The molecule has 3 aromatic carbocycles. The largest absolute Gasteiger partial charge is 0.324 e. The predicted octanol–water partition coefficient (Wildman–Crippen LogP) is 6.96. The average Bonchev–Trinajstić information content (AvgIpc) is 3.38. The molecule has 1 N–H and O–H groups in total. The van der Waals surface area contributed by atoms with Crippen molar-refractivity contribution in [1.82, 2.24) is 4.57 Å². The van der Waals surface area contributed by atoms with Gasteiger partial charge in [-0.05, 0) is 60.2 Å². The smallest absolute Gasteiger partial charge is 0.308 e. The summed E-state index contributed by atoms with van der Waals surface area (Å²) in [5.74, 6) is -2.60. The number of carbonyl (C=O) groups is 3. The monoisotopic (exact) mass is 663 g/mol. The molecule has 0 saturated carbocycles. The second-order valence-electron chi connectivity index (χ2n) is 9.38. The number of fused-ring (bicyclic) bond motifs is 2. The van der Waals surface area contributed by atoms with Gasteiger partial charge in [-0.1, -0.05) is 81.6 Å². The highest BCUT2D eigenvalue weighted by atomic mass is 35.5. The Hall–Kier alpha value is -2.79. The summed E-state index contributed by atoms with van der Waals surface area (Å²) in [6.45, 7) is -0.300. The number of halogens is 4. The van der Waals surface area contributed by atoms with E-state index in [-0.39, 0.29) is 22.3 Å². The molecule has 2 aliphatic rings. The van der Waals surface area contributed by atoms with Gasteiger partial charge in [-0.2, -0.15) is 0 Å². The number of thioether (sulfide) groups is 1. The van der Waals surface area contributed by atoms with Crippen molar-refractivity contribution in [3.8, 4) is 0 Å². The van der Waals surface area contributed by atoms with E-state index in [1.165, 1.54) is 15.5 Å². The number of anilines is 2. The highest BCUT2D eigenvalue weighted by Gasteiger charge is 2.56. The van der Waals surface area contributed by atoms with E-state index in [9.17, 15) is 19.2 Å². The fourth-order valence-corrected chi connectivity index (χ4v) is 8.37. The van der Waals surface area contributed by atoms with Crippen LogP contribution in [-0.4, -0.2) is 27.5 Å². The van der Waals surface area contributed by atoms with Crippen LogP contribution in [0.2, 0.25) is 20.1 Å². The van der Waals surface area contributed by atoms with Crippen LogP contribution in [0.5, 0.6) is 0 Å². The lowest BCUT2D eigenvalue weighted by Crippen LogP contribution is -2.33. The zero-order chi connectivity index (χ0) is 29.0. The lowest BCUT2D eigenvalue weighted by molar-refractivity contribution is -0.122. The first-order valence-electron chi connectivity index (χ1n) is 12.2. The first-order valence-corrected chi connectivity index (χ1v) is 15.4. The maximum atomic E-state index is 13.9. The number of carbonyl (C=O) groups excluding carboxylic acids is 3. The van der Waals surface area contributed by atoms with Crippen molar-refractivity contribution < 1.29 is 14.4 Å². The molecule has 1 saturated heterocycles. The number of rotatable bonds is 5. The molecule has 7 nitrogen and oxygen atoms in total. The minimum Gasteiger partial charge on any atom is -0.324 e. The van der Waals surface area contributed by atoms with E-state index >= 15 is 0 Å². The van der Waals surface area contributed by atoms with E-state index in [0.717, 1.165) is 28.7 Å². The zero-order valence-electron chi connectivity index (χ0n) is 20.6. The topological polar surface area (TPSA) is 88.5 Å². The number of aromatic nitrogens is 1. The summed E-state index contributed by atoms with van der Waals surface area (Å²) in [5.41, 5.74) is 1.57. The maximum Gasteiger partial charge on any atom is 0.308 e. The van der Waals surface area contributed by atoms with Crippen LogP contribution in [0, 0.1) is 5.92 Å². The number of amides is 3. The number of nitrogens with zero attached hydrogens (tertiary/aromatic N) is 2. The maximum absolute atomic E-state index is 13.9. The standard InChI is InChI=1S/C28H17Cl4N3O4S2/c29-14-3-1-13(2-4-14)21-22-23(26(38)35(25(22)37)17-8-5-15(30)6-9-17)40-27-24(21)41-28(39)34(27)12-20(36)33-16-7-10-18(31)19(32)11-16/h1-11,21-23H,12H2,(H,33,36)/t21-,22-,23+/m0/s1. The quantitative estimate of drug-likeness (QED) is 0.233. The third kappa shape index (κ3) is 5.20. The highest BCUT2D eigenvalue weighted by Crippen LogP contribution is 2.54.